The van der Waals surface area contributed by atoms with Crippen molar-refractivity contribution in [3.63, 3.8) is 0 Å². The van der Waals surface area contributed by atoms with Crippen LogP contribution >= 0.6 is 0 Å². The molecule has 0 aromatic rings. The van der Waals surface area contributed by atoms with Crippen molar-refractivity contribution < 1.29 is 19.4 Å². The predicted octanol–water partition coefficient (Wildman–Crippen LogP) is 1.59. The number of esters is 1. The minimum absolute atomic E-state index is 0.146. The molecular weight excluding hydrogens is 208 g/mol. The third kappa shape index (κ3) is 4.75. The van der Waals surface area contributed by atoms with Gasteiger partial charge in [-0.1, -0.05) is 6.42 Å². The minimum atomic E-state index is -0.867. The van der Waals surface area contributed by atoms with Gasteiger partial charge in [-0.15, -0.1) is 0 Å². The van der Waals surface area contributed by atoms with E-state index in [-0.39, 0.29) is 18.2 Å². The van der Waals surface area contributed by atoms with E-state index in [9.17, 15) is 14.7 Å². The topological polar surface area (TPSA) is 63.6 Å². The average molecular weight is 228 g/mol. The Kier molecular flexibility index (Phi) is 4.93. The summed E-state index contributed by atoms with van der Waals surface area (Å²) in [6.07, 6.45) is 4.45. The fourth-order valence-corrected chi connectivity index (χ4v) is 2.15. The largest absolute Gasteiger partial charge is 0.466 e. The standard InChI is InChI=1S/C12H20O4/c1-10(13)16-8-4-7-12(15)6-3-2-5-11(14)9-12/h15H,2-9H2,1H3. The van der Waals surface area contributed by atoms with Crippen molar-refractivity contribution in [3.8, 4) is 0 Å². The summed E-state index contributed by atoms with van der Waals surface area (Å²) in [5, 5.41) is 10.2. The number of carbonyl (C=O) groups is 2. The van der Waals surface area contributed by atoms with Gasteiger partial charge in [0.1, 0.15) is 5.78 Å². The highest BCUT2D eigenvalue weighted by Crippen LogP contribution is 2.29. The number of hydrogen-bond acceptors (Lipinski definition) is 4. The minimum Gasteiger partial charge on any atom is -0.466 e. The molecule has 92 valence electrons. The summed E-state index contributed by atoms with van der Waals surface area (Å²) in [5.41, 5.74) is -0.867. The molecule has 0 radical (unpaired) electrons. The fraction of sp³-hybridized carbons (Fsp3) is 0.833. The molecule has 0 spiro atoms. The van der Waals surface area contributed by atoms with Gasteiger partial charge in [0, 0.05) is 19.8 Å². The zero-order valence-corrected chi connectivity index (χ0v) is 9.83. The van der Waals surface area contributed by atoms with Gasteiger partial charge < -0.3 is 9.84 Å². The molecule has 1 atom stereocenters. The molecule has 1 rings (SSSR count). The van der Waals surface area contributed by atoms with Gasteiger partial charge in [-0.25, -0.2) is 0 Å². The van der Waals surface area contributed by atoms with E-state index in [0.29, 0.717) is 32.3 Å². The number of carbonyl (C=O) groups excluding carboxylic acids is 2. The summed E-state index contributed by atoms with van der Waals surface area (Å²) in [6.45, 7) is 1.69. The molecule has 4 heteroatoms. The first-order valence-electron chi connectivity index (χ1n) is 5.89. The number of ketones is 1. The van der Waals surface area contributed by atoms with Crippen LogP contribution < -0.4 is 0 Å². The molecule has 4 nitrogen and oxygen atoms in total. The third-order valence-corrected chi connectivity index (χ3v) is 2.97. The van der Waals surface area contributed by atoms with Gasteiger partial charge in [0.15, 0.2) is 0 Å². The summed E-state index contributed by atoms with van der Waals surface area (Å²) in [7, 11) is 0. The van der Waals surface area contributed by atoms with E-state index in [0.717, 1.165) is 12.8 Å². The van der Waals surface area contributed by atoms with Crippen molar-refractivity contribution in [1.29, 1.82) is 0 Å². The van der Waals surface area contributed by atoms with Crippen molar-refractivity contribution in [2.75, 3.05) is 6.61 Å². The second kappa shape index (κ2) is 5.99. The Morgan fingerprint density at radius 2 is 2.25 bits per heavy atom. The molecule has 1 fully saturated rings. The van der Waals surface area contributed by atoms with Crippen LogP contribution in [0.15, 0.2) is 0 Å². The lowest BCUT2D eigenvalue weighted by Gasteiger charge is -2.25. The molecule has 0 heterocycles. The maximum Gasteiger partial charge on any atom is 0.302 e. The van der Waals surface area contributed by atoms with E-state index >= 15 is 0 Å². The van der Waals surface area contributed by atoms with Gasteiger partial charge in [0.05, 0.1) is 12.2 Å². The lowest BCUT2D eigenvalue weighted by Crippen LogP contribution is -2.30. The summed E-state index contributed by atoms with van der Waals surface area (Å²) < 4.78 is 4.80. The summed E-state index contributed by atoms with van der Waals surface area (Å²) in [4.78, 5) is 21.9. The Hall–Kier alpha value is -0.900. The van der Waals surface area contributed by atoms with E-state index in [1.807, 2.05) is 0 Å². The molecule has 1 aliphatic carbocycles. The van der Waals surface area contributed by atoms with Crippen molar-refractivity contribution in [3.05, 3.63) is 0 Å². The molecule has 1 aliphatic rings. The Labute approximate surface area is 96.0 Å². The number of hydrogen-bond donors (Lipinski definition) is 1. The number of aliphatic hydroxyl groups is 1. The average Bonchev–Trinajstić information content (AvgIpc) is 2.35. The van der Waals surface area contributed by atoms with Crippen LogP contribution in [0.3, 0.4) is 0 Å². The van der Waals surface area contributed by atoms with Crippen molar-refractivity contribution >= 4 is 11.8 Å². The molecule has 0 aromatic carbocycles. The Morgan fingerprint density at radius 3 is 2.94 bits per heavy atom. The molecule has 0 saturated heterocycles. The maximum absolute atomic E-state index is 11.4. The van der Waals surface area contributed by atoms with Crippen LogP contribution in [0.2, 0.25) is 0 Å². The molecule has 1 N–H and O–H groups in total. The monoisotopic (exact) mass is 228 g/mol. The predicted molar refractivity (Wildman–Crippen MR) is 58.9 cm³/mol. The zero-order chi connectivity index (χ0) is 12.0. The highest BCUT2D eigenvalue weighted by molar-refractivity contribution is 5.79. The SMILES string of the molecule is CC(=O)OCCCC1(O)CCCCC(=O)C1. The van der Waals surface area contributed by atoms with E-state index in [4.69, 9.17) is 4.74 Å². The Balaban J connectivity index is 2.31. The first kappa shape index (κ1) is 13.2. The Bertz CT molecular complexity index is 262. The second-order valence-corrected chi connectivity index (χ2v) is 4.59. The van der Waals surface area contributed by atoms with Crippen LogP contribution in [0.25, 0.3) is 0 Å². The highest BCUT2D eigenvalue weighted by Gasteiger charge is 2.31. The van der Waals surface area contributed by atoms with Crippen LogP contribution in [0.4, 0.5) is 0 Å². The molecule has 0 aliphatic heterocycles. The van der Waals surface area contributed by atoms with Crippen molar-refractivity contribution in [1.82, 2.24) is 0 Å². The Morgan fingerprint density at radius 1 is 1.50 bits per heavy atom. The van der Waals surface area contributed by atoms with Gasteiger partial charge in [-0.3, -0.25) is 9.59 Å². The van der Waals surface area contributed by atoms with E-state index in [1.165, 1.54) is 6.92 Å². The maximum atomic E-state index is 11.4. The first-order chi connectivity index (χ1) is 7.52. The van der Waals surface area contributed by atoms with Crippen molar-refractivity contribution in [2.45, 2.75) is 57.5 Å². The first-order valence-corrected chi connectivity index (χ1v) is 5.89. The molecule has 0 aromatic heterocycles. The molecule has 1 saturated carbocycles. The van der Waals surface area contributed by atoms with Gasteiger partial charge >= 0.3 is 5.97 Å². The van der Waals surface area contributed by atoms with Crippen LogP contribution in [0.5, 0.6) is 0 Å². The fourth-order valence-electron chi connectivity index (χ4n) is 2.15. The normalized spacial score (nSPS) is 26.2. The number of ether oxygens (including phenoxy) is 1. The number of rotatable bonds is 4. The van der Waals surface area contributed by atoms with E-state index in [1.54, 1.807) is 0 Å². The highest BCUT2D eigenvalue weighted by atomic mass is 16.5. The zero-order valence-electron chi connectivity index (χ0n) is 9.83. The molecule has 1 unspecified atom stereocenters. The molecular formula is C12H20O4. The van der Waals surface area contributed by atoms with Crippen LogP contribution in [0.1, 0.15) is 51.9 Å². The van der Waals surface area contributed by atoms with Crippen molar-refractivity contribution in [2.24, 2.45) is 0 Å². The summed E-state index contributed by atoms with van der Waals surface area (Å²) >= 11 is 0. The van der Waals surface area contributed by atoms with Crippen LogP contribution in [-0.4, -0.2) is 29.1 Å². The quantitative estimate of drug-likeness (QED) is 0.451. The lowest BCUT2D eigenvalue weighted by atomic mass is 9.89. The van der Waals surface area contributed by atoms with Gasteiger partial charge in [-0.2, -0.15) is 0 Å². The van der Waals surface area contributed by atoms with Crippen LogP contribution in [0, 0.1) is 0 Å². The van der Waals surface area contributed by atoms with Crippen LogP contribution in [-0.2, 0) is 14.3 Å². The summed E-state index contributed by atoms with van der Waals surface area (Å²) in [6, 6.07) is 0. The molecule has 0 bridgehead atoms. The smallest absolute Gasteiger partial charge is 0.302 e. The molecule has 0 amide bonds. The van der Waals surface area contributed by atoms with Gasteiger partial charge in [0.2, 0.25) is 0 Å². The second-order valence-electron chi connectivity index (χ2n) is 4.59. The summed E-state index contributed by atoms with van der Waals surface area (Å²) in [5.74, 6) is -0.156. The van der Waals surface area contributed by atoms with E-state index < -0.39 is 5.60 Å². The number of Topliss-reactive ketones (excluding diaryl/α,β-unsaturated/α-hetero) is 1. The van der Waals surface area contributed by atoms with Gasteiger partial charge in [-0.05, 0) is 25.7 Å². The lowest BCUT2D eigenvalue weighted by molar-refractivity contribution is -0.141. The van der Waals surface area contributed by atoms with E-state index in [2.05, 4.69) is 0 Å². The third-order valence-electron chi connectivity index (χ3n) is 2.97. The molecule has 16 heavy (non-hydrogen) atoms. The van der Waals surface area contributed by atoms with Gasteiger partial charge in [0.25, 0.3) is 0 Å².